The number of ether oxygens (including phenoxy) is 3. The van der Waals surface area contributed by atoms with Gasteiger partial charge < -0.3 is 24.8 Å². The quantitative estimate of drug-likeness (QED) is 0.347. The monoisotopic (exact) mass is 417 g/mol. The van der Waals surface area contributed by atoms with Crippen molar-refractivity contribution in [3.05, 3.63) is 29.8 Å². The van der Waals surface area contributed by atoms with Crippen LogP contribution < -0.4 is 15.4 Å². The number of rotatable bonds is 10. The lowest BCUT2D eigenvalue weighted by molar-refractivity contribution is -0.274. The molecule has 1 heterocycles. The zero-order valence-electron chi connectivity index (χ0n) is 16.8. The average molecular weight is 417 g/mol. The number of hydrogen-bond donors (Lipinski definition) is 2. The summed E-state index contributed by atoms with van der Waals surface area (Å²) >= 11 is 0. The van der Waals surface area contributed by atoms with Crippen LogP contribution in [0.4, 0.5) is 13.2 Å². The van der Waals surface area contributed by atoms with Crippen molar-refractivity contribution in [2.24, 2.45) is 10.9 Å². The molecule has 9 heteroatoms. The molecule has 0 unspecified atom stereocenters. The fourth-order valence-electron chi connectivity index (χ4n) is 2.91. The van der Waals surface area contributed by atoms with Gasteiger partial charge >= 0.3 is 6.36 Å². The molecule has 0 spiro atoms. The van der Waals surface area contributed by atoms with E-state index in [0.29, 0.717) is 37.1 Å². The van der Waals surface area contributed by atoms with Gasteiger partial charge in [-0.15, -0.1) is 13.2 Å². The highest BCUT2D eigenvalue weighted by Gasteiger charge is 2.31. The van der Waals surface area contributed by atoms with Crippen LogP contribution in [0.5, 0.6) is 5.75 Å². The minimum Gasteiger partial charge on any atom is -0.405 e. The first-order valence-corrected chi connectivity index (χ1v) is 9.99. The van der Waals surface area contributed by atoms with Gasteiger partial charge in [0.2, 0.25) is 0 Å². The van der Waals surface area contributed by atoms with Crippen molar-refractivity contribution in [3.63, 3.8) is 0 Å². The topological polar surface area (TPSA) is 64.1 Å². The third-order valence-electron chi connectivity index (χ3n) is 4.40. The van der Waals surface area contributed by atoms with Gasteiger partial charge in [-0.05, 0) is 38.2 Å². The van der Waals surface area contributed by atoms with Crippen LogP contribution in [-0.4, -0.2) is 51.8 Å². The summed E-state index contributed by atoms with van der Waals surface area (Å²) in [6.07, 6.45) is -1.82. The first-order valence-electron chi connectivity index (χ1n) is 9.99. The fraction of sp³-hybridized carbons (Fsp3) is 0.650. The number of benzene rings is 1. The molecule has 29 heavy (non-hydrogen) atoms. The number of guanidine groups is 1. The summed E-state index contributed by atoms with van der Waals surface area (Å²) in [4.78, 5) is 4.36. The van der Waals surface area contributed by atoms with E-state index in [1.807, 2.05) is 6.92 Å². The highest BCUT2D eigenvalue weighted by molar-refractivity contribution is 5.79. The summed E-state index contributed by atoms with van der Waals surface area (Å²) in [5.41, 5.74) is 0.363. The molecule has 1 aliphatic heterocycles. The molecule has 0 atom stereocenters. The lowest BCUT2D eigenvalue weighted by atomic mass is 10.0. The van der Waals surface area contributed by atoms with E-state index in [0.717, 1.165) is 39.1 Å². The second-order valence-corrected chi connectivity index (χ2v) is 6.76. The third kappa shape index (κ3) is 9.85. The van der Waals surface area contributed by atoms with Crippen molar-refractivity contribution in [1.29, 1.82) is 0 Å². The molecular weight excluding hydrogens is 387 g/mol. The SMILES string of the molecule is CCNC(=NCc1ccccc1OC(F)(F)F)NCCCOCC1CCOCC1. The van der Waals surface area contributed by atoms with Crippen molar-refractivity contribution in [3.8, 4) is 5.75 Å². The molecule has 2 N–H and O–H groups in total. The number of nitrogens with zero attached hydrogens (tertiary/aromatic N) is 1. The van der Waals surface area contributed by atoms with Gasteiger partial charge in [-0.25, -0.2) is 4.99 Å². The Morgan fingerprint density at radius 2 is 1.97 bits per heavy atom. The minimum atomic E-state index is -4.73. The second kappa shape index (κ2) is 12.5. The van der Waals surface area contributed by atoms with Crippen LogP contribution in [0, 0.1) is 5.92 Å². The van der Waals surface area contributed by atoms with Crippen LogP contribution >= 0.6 is 0 Å². The standard InChI is InChI=1S/C20H30F3N3O3/c1-2-24-19(25-10-5-11-28-15-16-8-12-27-13-9-16)26-14-17-6-3-4-7-18(17)29-20(21,22)23/h3-4,6-7,16H,2,5,8-15H2,1H3,(H2,24,25,26). The van der Waals surface area contributed by atoms with Crippen molar-refractivity contribution in [1.82, 2.24) is 10.6 Å². The van der Waals surface area contributed by atoms with Crippen molar-refractivity contribution < 1.29 is 27.4 Å². The zero-order chi connectivity index (χ0) is 21.0. The molecule has 2 rings (SSSR count). The molecule has 164 valence electrons. The van der Waals surface area contributed by atoms with Gasteiger partial charge in [0.15, 0.2) is 5.96 Å². The Balaban J connectivity index is 1.75. The smallest absolute Gasteiger partial charge is 0.405 e. The molecule has 1 saturated heterocycles. The van der Waals surface area contributed by atoms with Crippen molar-refractivity contribution in [2.75, 3.05) is 39.5 Å². The average Bonchev–Trinajstić information content (AvgIpc) is 2.69. The molecule has 0 amide bonds. The molecule has 1 fully saturated rings. The molecule has 0 aliphatic carbocycles. The van der Waals surface area contributed by atoms with E-state index >= 15 is 0 Å². The summed E-state index contributed by atoms with van der Waals surface area (Å²) in [5.74, 6) is 0.884. The van der Waals surface area contributed by atoms with Gasteiger partial charge in [0.05, 0.1) is 6.54 Å². The number of para-hydroxylation sites is 1. The Hall–Kier alpha value is -2.00. The molecular formula is C20H30F3N3O3. The Labute approximate surface area is 169 Å². The van der Waals surface area contributed by atoms with Crippen LogP contribution in [0.2, 0.25) is 0 Å². The molecule has 0 radical (unpaired) electrons. The highest BCUT2D eigenvalue weighted by Crippen LogP contribution is 2.26. The van der Waals surface area contributed by atoms with E-state index in [2.05, 4.69) is 20.4 Å². The Bertz CT molecular complexity index is 620. The summed E-state index contributed by atoms with van der Waals surface area (Å²) in [7, 11) is 0. The van der Waals surface area contributed by atoms with E-state index in [1.54, 1.807) is 12.1 Å². The molecule has 0 aromatic heterocycles. The molecule has 6 nitrogen and oxygen atoms in total. The predicted octanol–water partition coefficient (Wildman–Crippen LogP) is 3.47. The van der Waals surface area contributed by atoms with Crippen LogP contribution in [0.3, 0.4) is 0 Å². The van der Waals surface area contributed by atoms with Crippen LogP contribution in [-0.2, 0) is 16.0 Å². The zero-order valence-corrected chi connectivity index (χ0v) is 16.8. The second-order valence-electron chi connectivity index (χ2n) is 6.76. The van der Waals surface area contributed by atoms with Crippen LogP contribution in [0.15, 0.2) is 29.3 Å². The molecule has 0 saturated carbocycles. The predicted molar refractivity (Wildman–Crippen MR) is 105 cm³/mol. The highest BCUT2D eigenvalue weighted by atomic mass is 19.4. The van der Waals surface area contributed by atoms with Gasteiger partial charge in [0, 0.05) is 45.1 Å². The lowest BCUT2D eigenvalue weighted by Gasteiger charge is -2.21. The molecule has 0 bridgehead atoms. The van der Waals surface area contributed by atoms with E-state index in [1.165, 1.54) is 12.1 Å². The van der Waals surface area contributed by atoms with E-state index < -0.39 is 6.36 Å². The van der Waals surface area contributed by atoms with Crippen molar-refractivity contribution in [2.45, 2.75) is 39.1 Å². The van der Waals surface area contributed by atoms with Gasteiger partial charge in [0.1, 0.15) is 5.75 Å². The number of hydrogen-bond acceptors (Lipinski definition) is 4. The maximum atomic E-state index is 12.5. The number of aliphatic imine (C=N–C) groups is 1. The summed E-state index contributed by atoms with van der Waals surface area (Å²) in [5, 5.41) is 6.26. The first kappa shape index (κ1) is 23.3. The molecule has 1 aromatic carbocycles. The van der Waals surface area contributed by atoms with E-state index in [-0.39, 0.29) is 12.3 Å². The maximum Gasteiger partial charge on any atom is 0.573 e. The van der Waals surface area contributed by atoms with E-state index in [9.17, 15) is 13.2 Å². The normalized spacial score (nSPS) is 15.9. The number of nitrogens with one attached hydrogen (secondary N) is 2. The molecule has 1 aliphatic rings. The van der Waals surface area contributed by atoms with Gasteiger partial charge in [-0.3, -0.25) is 0 Å². The van der Waals surface area contributed by atoms with Gasteiger partial charge in [-0.2, -0.15) is 0 Å². The minimum absolute atomic E-state index is 0.0713. The lowest BCUT2D eigenvalue weighted by Crippen LogP contribution is -2.38. The fourth-order valence-corrected chi connectivity index (χ4v) is 2.91. The van der Waals surface area contributed by atoms with Crippen molar-refractivity contribution >= 4 is 5.96 Å². The molecule has 1 aromatic rings. The Morgan fingerprint density at radius 3 is 2.69 bits per heavy atom. The number of halogens is 3. The Kier molecular flexibility index (Phi) is 10.1. The van der Waals surface area contributed by atoms with Gasteiger partial charge in [0.25, 0.3) is 0 Å². The third-order valence-corrected chi connectivity index (χ3v) is 4.40. The Morgan fingerprint density at radius 1 is 1.21 bits per heavy atom. The van der Waals surface area contributed by atoms with Crippen LogP contribution in [0.1, 0.15) is 31.7 Å². The largest absolute Gasteiger partial charge is 0.573 e. The van der Waals surface area contributed by atoms with Gasteiger partial charge in [-0.1, -0.05) is 18.2 Å². The van der Waals surface area contributed by atoms with Crippen LogP contribution in [0.25, 0.3) is 0 Å². The van der Waals surface area contributed by atoms with E-state index in [4.69, 9.17) is 9.47 Å². The first-order chi connectivity index (χ1) is 14.0. The maximum absolute atomic E-state index is 12.5. The summed E-state index contributed by atoms with van der Waals surface area (Å²) in [6.45, 7) is 6.33. The number of alkyl halides is 3. The summed E-state index contributed by atoms with van der Waals surface area (Å²) in [6, 6.07) is 6.01. The summed E-state index contributed by atoms with van der Waals surface area (Å²) < 4.78 is 52.7.